The second-order valence-corrected chi connectivity index (χ2v) is 3.46. The van der Waals surface area contributed by atoms with Crippen LogP contribution in [0.5, 0.6) is 0 Å². The molecule has 1 amide bonds. The summed E-state index contributed by atoms with van der Waals surface area (Å²) in [6, 6.07) is 8.96. The number of primary amides is 1. The molecule has 2 rings (SSSR count). The van der Waals surface area contributed by atoms with E-state index in [0.29, 0.717) is 5.76 Å². The number of para-hydroxylation sites is 1. The lowest BCUT2D eigenvalue weighted by atomic mass is 10.1. The number of hydrogen-bond acceptors (Lipinski definition) is 3. The maximum atomic E-state index is 10.7. The van der Waals surface area contributed by atoms with Crippen LogP contribution in [0.25, 0.3) is 11.0 Å². The lowest BCUT2D eigenvalue weighted by molar-refractivity contribution is -0.118. The predicted molar refractivity (Wildman–Crippen MR) is 57.0 cm³/mol. The number of carbonyl (C=O) groups excluding carboxylic acids is 1. The molecule has 0 radical (unpaired) electrons. The number of hydrogen-bond donors (Lipinski definition) is 2. The third-order valence-corrected chi connectivity index (χ3v) is 2.23. The highest BCUT2D eigenvalue weighted by Crippen LogP contribution is 2.23. The van der Waals surface area contributed by atoms with Crippen molar-refractivity contribution in [2.24, 2.45) is 11.5 Å². The van der Waals surface area contributed by atoms with Gasteiger partial charge in [-0.2, -0.15) is 0 Å². The molecule has 1 unspecified atom stereocenters. The zero-order valence-electron chi connectivity index (χ0n) is 8.14. The fourth-order valence-electron chi connectivity index (χ4n) is 1.50. The summed E-state index contributed by atoms with van der Waals surface area (Å²) in [4.78, 5) is 10.7. The number of carbonyl (C=O) groups is 1. The summed E-state index contributed by atoms with van der Waals surface area (Å²) >= 11 is 0. The quantitative estimate of drug-likeness (QED) is 0.790. The van der Waals surface area contributed by atoms with E-state index in [9.17, 15) is 4.79 Å². The molecule has 0 saturated heterocycles. The Bertz CT molecular complexity index is 457. The first kappa shape index (κ1) is 9.73. The normalized spacial score (nSPS) is 12.9. The Morgan fingerprint density at radius 3 is 2.80 bits per heavy atom. The van der Waals surface area contributed by atoms with Crippen molar-refractivity contribution in [1.82, 2.24) is 0 Å². The number of nitrogens with two attached hydrogens (primary N) is 2. The molecule has 1 aromatic carbocycles. The largest absolute Gasteiger partial charge is 0.459 e. The van der Waals surface area contributed by atoms with Crippen molar-refractivity contribution in [3.8, 4) is 0 Å². The number of benzene rings is 1. The maximum absolute atomic E-state index is 10.7. The van der Waals surface area contributed by atoms with Crippen LogP contribution >= 0.6 is 0 Å². The summed E-state index contributed by atoms with van der Waals surface area (Å²) in [6.07, 6.45) is 0.0970. The monoisotopic (exact) mass is 204 g/mol. The Labute approximate surface area is 86.8 Å². The van der Waals surface area contributed by atoms with Crippen LogP contribution in [0.15, 0.2) is 34.7 Å². The van der Waals surface area contributed by atoms with E-state index in [1.54, 1.807) is 0 Å². The van der Waals surface area contributed by atoms with Crippen molar-refractivity contribution in [3.05, 3.63) is 36.1 Å². The van der Waals surface area contributed by atoms with Crippen LogP contribution in [-0.4, -0.2) is 5.91 Å². The van der Waals surface area contributed by atoms with E-state index in [2.05, 4.69) is 0 Å². The van der Waals surface area contributed by atoms with Crippen LogP contribution < -0.4 is 11.5 Å². The van der Waals surface area contributed by atoms with Crippen molar-refractivity contribution in [2.45, 2.75) is 12.5 Å². The second kappa shape index (κ2) is 3.74. The van der Waals surface area contributed by atoms with E-state index in [4.69, 9.17) is 15.9 Å². The topological polar surface area (TPSA) is 82.2 Å². The SMILES string of the molecule is NC(=O)CC(N)c1cc2ccccc2o1. The average molecular weight is 204 g/mol. The first-order chi connectivity index (χ1) is 7.16. The first-order valence-corrected chi connectivity index (χ1v) is 4.69. The molecule has 0 fully saturated rings. The second-order valence-electron chi connectivity index (χ2n) is 3.46. The molecule has 2 aromatic rings. The van der Waals surface area contributed by atoms with Crippen molar-refractivity contribution < 1.29 is 9.21 Å². The number of amides is 1. The number of fused-ring (bicyclic) bond motifs is 1. The van der Waals surface area contributed by atoms with Crippen LogP contribution in [0.4, 0.5) is 0 Å². The molecular formula is C11H12N2O2. The van der Waals surface area contributed by atoms with Gasteiger partial charge in [0, 0.05) is 11.8 Å². The fraction of sp³-hybridized carbons (Fsp3) is 0.182. The smallest absolute Gasteiger partial charge is 0.219 e. The Balaban J connectivity index is 2.32. The third-order valence-electron chi connectivity index (χ3n) is 2.23. The molecule has 4 nitrogen and oxygen atoms in total. The van der Waals surface area contributed by atoms with Gasteiger partial charge in [-0.1, -0.05) is 18.2 Å². The maximum Gasteiger partial charge on any atom is 0.219 e. The van der Waals surface area contributed by atoms with E-state index < -0.39 is 11.9 Å². The van der Waals surface area contributed by atoms with Gasteiger partial charge >= 0.3 is 0 Å². The molecule has 0 aliphatic rings. The molecule has 1 aromatic heterocycles. The van der Waals surface area contributed by atoms with E-state index in [0.717, 1.165) is 11.0 Å². The van der Waals surface area contributed by atoms with E-state index >= 15 is 0 Å². The van der Waals surface area contributed by atoms with E-state index in [-0.39, 0.29) is 6.42 Å². The lowest BCUT2D eigenvalue weighted by Crippen LogP contribution is -2.20. The van der Waals surface area contributed by atoms with Crippen molar-refractivity contribution >= 4 is 16.9 Å². The molecule has 15 heavy (non-hydrogen) atoms. The highest BCUT2D eigenvalue weighted by atomic mass is 16.3. The van der Waals surface area contributed by atoms with Crippen molar-refractivity contribution in [1.29, 1.82) is 0 Å². The molecule has 0 saturated carbocycles. The standard InChI is InChI=1S/C11H12N2O2/c12-8(6-11(13)14)10-5-7-3-1-2-4-9(7)15-10/h1-5,8H,6,12H2,(H2,13,14). The third kappa shape index (κ3) is 1.99. The minimum Gasteiger partial charge on any atom is -0.459 e. The van der Waals surface area contributed by atoms with Crippen LogP contribution in [0.2, 0.25) is 0 Å². The van der Waals surface area contributed by atoms with Crippen LogP contribution in [0.1, 0.15) is 18.2 Å². The Kier molecular flexibility index (Phi) is 2.43. The summed E-state index contributed by atoms with van der Waals surface area (Å²) in [5.41, 5.74) is 11.6. The molecule has 0 aliphatic carbocycles. The molecule has 4 heteroatoms. The lowest BCUT2D eigenvalue weighted by Gasteiger charge is -2.04. The van der Waals surface area contributed by atoms with Gasteiger partial charge in [0.15, 0.2) is 0 Å². The van der Waals surface area contributed by atoms with Gasteiger partial charge in [0.1, 0.15) is 11.3 Å². The molecule has 0 bridgehead atoms. The van der Waals surface area contributed by atoms with Gasteiger partial charge in [0.2, 0.25) is 5.91 Å². The van der Waals surface area contributed by atoms with Crippen LogP contribution in [-0.2, 0) is 4.79 Å². The first-order valence-electron chi connectivity index (χ1n) is 4.69. The Hall–Kier alpha value is -1.81. The molecule has 78 valence electrons. The van der Waals surface area contributed by atoms with Gasteiger partial charge in [-0.05, 0) is 12.1 Å². The zero-order valence-corrected chi connectivity index (χ0v) is 8.14. The molecule has 0 aliphatic heterocycles. The fourth-order valence-corrected chi connectivity index (χ4v) is 1.50. The molecule has 1 atom stereocenters. The molecule has 0 spiro atoms. The molecule has 1 heterocycles. The molecule has 4 N–H and O–H groups in total. The highest BCUT2D eigenvalue weighted by molar-refractivity contribution is 5.78. The number of furan rings is 1. The van der Waals surface area contributed by atoms with Crippen LogP contribution in [0.3, 0.4) is 0 Å². The van der Waals surface area contributed by atoms with Gasteiger partial charge in [0.25, 0.3) is 0 Å². The van der Waals surface area contributed by atoms with Crippen LogP contribution in [0, 0.1) is 0 Å². The minimum absolute atomic E-state index is 0.0970. The van der Waals surface area contributed by atoms with Gasteiger partial charge < -0.3 is 15.9 Å². The van der Waals surface area contributed by atoms with E-state index in [1.807, 2.05) is 30.3 Å². The van der Waals surface area contributed by atoms with Crippen molar-refractivity contribution in [2.75, 3.05) is 0 Å². The summed E-state index contributed by atoms with van der Waals surface area (Å²) in [7, 11) is 0. The summed E-state index contributed by atoms with van der Waals surface area (Å²) in [6.45, 7) is 0. The summed E-state index contributed by atoms with van der Waals surface area (Å²) < 4.78 is 5.50. The summed E-state index contributed by atoms with van der Waals surface area (Å²) in [5, 5.41) is 0.979. The number of rotatable bonds is 3. The van der Waals surface area contributed by atoms with Crippen molar-refractivity contribution in [3.63, 3.8) is 0 Å². The predicted octanol–water partition coefficient (Wildman–Crippen LogP) is 1.31. The highest BCUT2D eigenvalue weighted by Gasteiger charge is 2.13. The van der Waals surface area contributed by atoms with Gasteiger partial charge in [-0.25, -0.2) is 0 Å². The molecular weight excluding hydrogens is 192 g/mol. The Morgan fingerprint density at radius 1 is 1.40 bits per heavy atom. The van der Waals surface area contributed by atoms with Gasteiger partial charge in [-0.15, -0.1) is 0 Å². The van der Waals surface area contributed by atoms with Gasteiger partial charge in [0.05, 0.1) is 6.04 Å². The zero-order chi connectivity index (χ0) is 10.8. The van der Waals surface area contributed by atoms with E-state index in [1.165, 1.54) is 0 Å². The minimum atomic E-state index is -0.463. The van der Waals surface area contributed by atoms with Gasteiger partial charge in [-0.3, -0.25) is 4.79 Å². The average Bonchev–Trinajstić information content (AvgIpc) is 2.59. The summed E-state index contributed by atoms with van der Waals surface area (Å²) in [5.74, 6) is 0.165. The Morgan fingerprint density at radius 2 is 2.13 bits per heavy atom.